The van der Waals surface area contributed by atoms with Gasteiger partial charge in [0.25, 0.3) is 5.69 Å². The van der Waals surface area contributed by atoms with Crippen molar-refractivity contribution >= 4 is 17.4 Å². The largest absolute Gasteiger partial charge is 0.304 e. The lowest BCUT2D eigenvalue weighted by Crippen LogP contribution is -1.97. The molecule has 0 aliphatic rings. The van der Waals surface area contributed by atoms with E-state index in [1.165, 1.54) is 12.1 Å². The summed E-state index contributed by atoms with van der Waals surface area (Å²) in [7, 11) is 1.91. The van der Waals surface area contributed by atoms with Crippen LogP contribution in [0.1, 0.15) is 5.56 Å². The molecular weight excluding hydrogens is 326 g/mol. The van der Waals surface area contributed by atoms with Gasteiger partial charge in [0.15, 0.2) is 11.0 Å². The van der Waals surface area contributed by atoms with Crippen LogP contribution in [-0.4, -0.2) is 30.4 Å². The molecule has 1 aromatic carbocycles. The Morgan fingerprint density at radius 3 is 2.62 bits per heavy atom. The fourth-order valence-electron chi connectivity index (χ4n) is 2.20. The Morgan fingerprint density at radius 1 is 1.17 bits per heavy atom. The van der Waals surface area contributed by atoms with Crippen molar-refractivity contribution < 1.29 is 4.92 Å². The summed E-state index contributed by atoms with van der Waals surface area (Å²) in [5.41, 5.74) is 1.95. The van der Waals surface area contributed by atoms with Gasteiger partial charge in [0.05, 0.1) is 4.92 Å². The van der Waals surface area contributed by atoms with Crippen molar-refractivity contribution in [3.8, 4) is 11.5 Å². The van der Waals surface area contributed by atoms with Crippen molar-refractivity contribution in [2.24, 2.45) is 7.05 Å². The predicted octanol–water partition coefficient (Wildman–Crippen LogP) is 3.12. The summed E-state index contributed by atoms with van der Waals surface area (Å²) in [6.45, 7) is 0. The zero-order valence-corrected chi connectivity index (χ0v) is 13.8. The number of nitrogens with zero attached hydrogens (tertiary/aromatic N) is 5. The Morgan fingerprint density at radius 2 is 1.96 bits per heavy atom. The van der Waals surface area contributed by atoms with Gasteiger partial charge in [-0.15, -0.1) is 10.2 Å². The summed E-state index contributed by atoms with van der Waals surface area (Å²) in [4.78, 5) is 14.5. The second kappa shape index (κ2) is 7.22. The lowest BCUT2D eigenvalue weighted by molar-refractivity contribution is -0.384. The van der Waals surface area contributed by atoms with Crippen LogP contribution in [0.2, 0.25) is 0 Å². The Kier molecular flexibility index (Phi) is 4.85. The second-order valence-electron chi connectivity index (χ2n) is 5.10. The van der Waals surface area contributed by atoms with Crippen molar-refractivity contribution in [2.45, 2.75) is 11.6 Å². The number of non-ortho nitro benzene ring substituents is 1. The standard InChI is InChI=1S/C16H15N5O2S/c1-20-15(14-4-2-3-10-17-14)18-19-16(20)24-11-9-12-5-7-13(8-6-12)21(22)23/h2-8,10H,9,11H2,1H3. The molecule has 0 amide bonds. The molecule has 0 saturated carbocycles. The number of benzene rings is 1. The molecule has 3 aromatic rings. The summed E-state index contributed by atoms with van der Waals surface area (Å²) in [5.74, 6) is 1.54. The highest BCUT2D eigenvalue weighted by Crippen LogP contribution is 2.22. The first-order valence-electron chi connectivity index (χ1n) is 7.32. The van der Waals surface area contributed by atoms with Crippen LogP contribution in [0, 0.1) is 10.1 Å². The second-order valence-corrected chi connectivity index (χ2v) is 6.16. The van der Waals surface area contributed by atoms with Gasteiger partial charge in [0.2, 0.25) is 0 Å². The number of aryl methyl sites for hydroxylation is 1. The average molecular weight is 341 g/mol. The summed E-state index contributed by atoms with van der Waals surface area (Å²) < 4.78 is 1.92. The third-order valence-electron chi connectivity index (χ3n) is 3.50. The van der Waals surface area contributed by atoms with Crippen LogP contribution in [-0.2, 0) is 13.5 Å². The molecule has 0 saturated heterocycles. The molecule has 0 atom stereocenters. The van der Waals surface area contributed by atoms with Crippen LogP contribution < -0.4 is 0 Å². The molecule has 8 heteroatoms. The minimum absolute atomic E-state index is 0.111. The molecule has 0 radical (unpaired) electrons. The lowest BCUT2D eigenvalue weighted by Gasteiger charge is -2.03. The van der Waals surface area contributed by atoms with Crippen LogP contribution in [0.3, 0.4) is 0 Å². The number of pyridine rings is 1. The smallest absolute Gasteiger partial charge is 0.269 e. The summed E-state index contributed by atoms with van der Waals surface area (Å²) >= 11 is 1.60. The molecule has 122 valence electrons. The van der Waals surface area contributed by atoms with Crippen molar-refractivity contribution in [3.63, 3.8) is 0 Å². The van der Waals surface area contributed by atoms with Gasteiger partial charge < -0.3 is 4.57 Å². The van der Waals surface area contributed by atoms with Crippen molar-refractivity contribution in [1.82, 2.24) is 19.7 Å². The molecule has 7 nitrogen and oxygen atoms in total. The van der Waals surface area contributed by atoms with Gasteiger partial charge in [0.1, 0.15) is 5.69 Å². The first kappa shape index (κ1) is 16.1. The maximum Gasteiger partial charge on any atom is 0.269 e. The Bertz CT molecular complexity index is 833. The fourth-order valence-corrected chi connectivity index (χ4v) is 3.10. The third kappa shape index (κ3) is 3.60. The lowest BCUT2D eigenvalue weighted by atomic mass is 10.1. The van der Waals surface area contributed by atoms with E-state index < -0.39 is 4.92 Å². The molecule has 0 aliphatic carbocycles. The normalized spacial score (nSPS) is 10.7. The molecule has 0 unspecified atom stereocenters. The quantitative estimate of drug-likeness (QED) is 0.389. The van der Waals surface area contributed by atoms with Crippen LogP contribution in [0.4, 0.5) is 5.69 Å². The number of aromatic nitrogens is 4. The molecule has 3 rings (SSSR count). The predicted molar refractivity (Wildman–Crippen MR) is 91.8 cm³/mol. The van der Waals surface area contributed by atoms with Gasteiger partial charge in [-0.25, -0.2) is 0 Å². The maximum atomic E-state index is 10.6. The van der Waals surface area contributed by atoms with Gasteiger partial charge in [-0.3, -0.25) is 15.1 Å². The minimum Gasteiger partial charge on any atom is -0.304 e. The minimum atomic E-state index is -0.392. The number of thioether (sulfide) groups is 1. The van der Waals surface area contributed by atoms with Gasteiger partial charge in [-0.1, -0.05) is 30.0 Å². The Balaban J connectivity index is 1.61. The Hall–Kier alpha value is -2.74. The van der Waals surface area contributed by atoms with Gasteiger partial charge in [-0.05, 0) is 24.1 Å². The van der Waals surface area contributed by atoms with E-state index in [-0.39, 0.29) is 5.69 Å². The van der Waals surface area contributed by atoms with Crippen LogP contribution in [0.25, 0.3) is 11.5 Å². The van der Waals surface area contributed by atoms with E-state index in [1.54, 1.807) is 30.1 Å². The molecule has 24 heavy (non-hydrogen) atoms. The molecule has 0 spiro atoms. The first-order chi connectivity index (χ1) is 11.6. The van der Waals surface area contributed by atoms with E-state index in [0.29, 0.717) is 0 Å². The van der Waals surface area contributed by atoms with Crippen molar-refractivity contribution in [3.05, 3.63) is 64.3 Å². The van der Waals surface area contributed by atoms with Gasteiger partial charge in [0, 0.05) is 31.1 Å². The molecule has 0 aliphatic heterocycles. The summed E-state index contributed by atoms with van der Waals surface area (Å²) in [6.07, 6.45) is 2.53. The van der Waals surface area contributed by atoms with Gasteiger partial charge >= 0.3 is 0 Å². The number of nitro benzene ring substituents is 1. The maximum absolute atomic E-state index is 10.6. The first-order valence-corrected chi connectivity index (χ1v) is 8.30. The number of rotatable bonds is 6. The summed E-state index contributed by atoms with van der Waals surface area (Å²) in [6, 6.07) is 12.3. The monoisotopic (exact) mass is 341 g/mol. The highest BCUT2D eigenvalue weighted by molar-refractivity contribution is 7.99. The van der Waals surface area contributed by atoms with Crippen molar-refractivity contribution in [2.75, 3.05) is 5.75 Å². The fraction of sp³-hybridized carbons (Fsp3) is 0.188. The van der Waals surface area contributed by atoms with Crippen molar-refractivity contribution in [1.29, 1.82) is 0 Å². The zero-order valence-electron chi connectivity index (χ0n) is 13.0. The molecule has 2 aromatic heterocycles. The highest BCUT2D eigenvalue weighted by atomic mass is 32.2. The molecule has 0 N–H and O–H groups in total. The zero-order chi connectivity index (χ0) is 16.9. The van der Waals surface area contributed by atoms with E-state index in [9.17, 15) is 10.1 Å². The average Bonchev–Trinajstić information content (AvgIpc) is 2.97. The van der Waals surface area contributed by atoms with E-state index in [1.807, 2.05) is 29.8 Å². The number of hydrogen-bond acceptors (Lipinski definition) is 6. The van der Waals surface area contributed by atoms with Gasteiger partial charge in [-0.2, -0.15) is 0 Å². The topological polar surface area (TPSA) is 86.7 Å². The number of hydrogen-bond donors (Lipinski definition) is 0. The number of nitro groups is 1. The van der Waals surface area contributed by atoms with E-state index in [4.69, 9.17) is 0 Å². The Labute approximate surface area is 142 Å². The molecule has 2 heterocycles. The van der Waals surface area contributed by atoms with Crippen LogP contribution >= 0.6 is 11.8 Å². The SMILES string of the molecule is Cn1c(SCCc2ccc([N+](=O)[O-])cc2)nnc1-c1ccccn1. The molecule has 0 fully saturated rings. The van der Waals surface area contributed by atoms with E-state index in [0.717, 1.165) is 34.4 Å². The third-order valence-corrected chi connectivity index (χ3v) is 4.52. The van der Waals surface area contributed by atoms with E-state index in [2.05, 4.69) is 15.2 Å². The summed E-state index contributed by atoms with van der Waals surface area (Å²) in [5, 5.41) is 19.9. The van der Waals surface area contributed by atoms with E-state index >= 15 is 0 Å². The van der Waals surface area contributed by atoms with Crippen LogP contribution in [0.15, 0.2) is 53.8 Å². The molecular formula is C16H15N5O2S. The molecule has 0 bridgehead atoms. The highest BCUT2D eigenvalue weighted by Gasteiger charge is 2.12. The van der Waals surface area contributed by atoms with Crippen LogP contribution in [0.5, 0.6) is 0 Å².